The Balaban J connectivity index is 2.12. The zero-order valence-corrected chi connectivity index (χ0v) is 10.7. The standard InChI is InChI=1S/C12H22N2O3/c1-3-5-13-9-11-8-12(17-14-11)10-16-7-4-6-15-2/h8,13H,3-7,9-10H2,1-2H3. The highest BCUT2D eigenvalue weighted by Gasteiger charge is 2.03. The van der Waals surface area contributed by atoms with E-state index >= 15 is 0 Å². The van der Waals surface area contributed by atoms with Crippen LogP contribution in [0.3, 0.4) is 0 Å². The number of rotatable bonds is 10. The molecule has 5 heteroatoms. The van der Waals surface area contributed by atoms with Crippen molar-refractivity contribution >= 4 is 0 Å². The Labute approximate surface area is 102 Å². The Bertz CT molecular complexity index is 289. The summed E-state index contributed by atoms with van der Waals surface area (Å²) in [5, 5.41) is 7.23. The van der Waals surface area contributed by atoms with Gasteiger partial charge < -0.3 is 19.3 Å². The Morgan fingerprint density at radius 2 is 2.29 bits per heavy atom. The van der Waals surface area contributed by atoms with Crippen LogP contribution in [0.4, 0.5) is 0 Å². The summed E-state index contributed by atoms with van der Waals surface area (Å²) >= 11 is 0. The molecule has 0 saturated heterocycles. The average molecular weight is 242 g/mol. The molecule has 98 valence electrons. The number of ether oxygens (including phenoxy) is 2. The summed E-state index contributed by atoms with van der Waals surface area (Å²) < 4.78 is 15.5. The van der Waals surface area contributed by atoms with Gasteiger partial charge in [-0.1, -0.05) is 12.1 Å². The minimum absolute atomic E-state index is 0.477. The first-order valence-corrected chi connectivity index (χ1v) is 6.08. The number of nitrogens with one attached hydrogen (secondary N) is 1. The van der Waals surface area contributed by atoms with Gasteiger partial charge in [0.05, 0.1) is 5.69 Å². The van der Waals surface area contributed by atoms with Crippen molar-refractivity contribution in [3.63, 3.8) is 0 Å². The quantitative estimate of drug-likeness (QED) is 0.633. The smallest absolute Gasteiger partial charge is 0.162 e. The van der Waals surface area contributed by atoms with Crippen molar-refractivity contribution in [3.05, 3.63) is 17.5 Å². The molecule has 1 aromatic heterocycles. The van der Waals surface area contributed by atoms with Crippen LogP contribution in [0.2, 0.25) is 0 Å². The van der Waals surface area contributed by atoms with Gasteiger partial charge in [0.2, 0.25) is 0 Å². The van der Waals surface area contributed by atoms with Crippen LogP contribution >= 0.6 is 0 Å². The molecule has 0 spiro atoms. The maximum atomic E-state index is 5.43. The molecule has 0 bridgehead atoms. The summed E-state index contributed by atoms with van der Waals surface area (Å²) in [6.45, 7) is 5.76. The summed E-state index contributed by atoms with van der Waals surface area (Å²) in [4.78, 5) is 0. The van der Waals surface area contributed by atoms with Crippen LogP contribution in [0.5, 0.6) is 0 Å². The fourth-order valence-electron chi connectivity index (χ4n) is 1.38. The van der Waals surface area contributed by atoms with E-state index < -0.39 is 0 Å². The van der Waals surface area contributed by atoms with Crippen molar-refractivity contribution in [3.8, 4) is 0 Å². The van der Waals surface area contributed by atoms with Crippen LogP contribution in [0, 0.1) is 0 Å². The third-order valence-corrected chi connectivity index (χ3v) is 2.22. The SMILES string of the molecule is CCCNCc1cc(COCCCOC)on1. The van der Waals surface area contributed by atoms with Gasteiger partial charge >= 0.3 is 0 Å². The van der Waals surface area contributed by atoms with E-state index in [1.165, 1.54) is 0 Å². The first-order valence-electron chi connectivity index (χ1n) is 6.08. The van der Waals surface area contributed by atoms with Crippen molar-refractivity contribution in [1.82, 2.24) is 10.5 Å². The predicted octanol–water partition coefficient (Wildman–Crippen LogP) is 1.73. The predicted molar refractivity (Wildman–Crippen MR) is 64.6 cm³/mol. The molecule has 0 amide bonds. The Morgan fingerprint density at radius 1 is 1.41 bits per heavy atom. The van der Waals surface area contributed by atoms with Crippen LogP contribution in [-0.4, -0.2) is 32.0 Å². The van der Waals surface area contributed by atoms with Crippen molar-refractivity contribution in [2.75, 3.05) is 26.9 Å². The van der Waals surface area contributed by atoms with Crippen LogP contribution in [-0.2, 0) is 22.6 Å². The lowest BCUT2D eigenvalue weighted by atomic mass is 10.3. The summed E-state index contributed by atoms with van der Waals surface area (Å²) in [6.07, 6.45) is 2.02. The molecule has 5 nitrogen and oxygen atoms in total. The Morgan fingerprint density at radius 3 is 3.06 bits per heavy atom. The highest BCUT2D eigenvalue weighted by Crippen LogP contribution is 2.05. The van der Waals surface area contributed by atoms with Gasteiger partial charge in [0.25, 0.3) is 0 Å². The van der Waals surface area contributed by atoms with Gasteiger partial charge in [0.15, 0.2) is 5.76 Å². The molecular formula is C12H22N2O3. The van der Waals surface area contributed by atoms with Crippen LogP contribution in [0.15, 0.2) is 10.6 Å². The molecule has 0 unspecified atom stereocenters. The lowest BCUT2D eigenvalue weighted by Gasteiger charge is -2.00. The summed E-state index contributed by atoms with van der Waals surface area (Å²) in [6, 6.07) is 1.93. The lowest BCUT2D eigenvalue weighted by molar-refractivity contribution is 0.0794. The molecule has 17 heavy (non-hydrogen) atoms. The molecular weight excluding hydrogens is 220 g/mol. The molecule has 1 aromatic rings. The molecule has 0 aliphatic carbocycles. The Kier molecular flexibility index (Phi) is 7.62. The molecule has 0 aromatic carbocycles. The maximum Gasteiger partial charge on any atom is 0.162 e. The number of hydrogen-bond acceptors (Lipinski definition) is 5. The van der Waals surface area contributed by atoms with Gasteiger partial charge in [-0.3, -0.25) is 0 Å². The monoisotopic (exact) mass is 242 g/mol. The molecule has 0 aliphatic rings. The van der Waals surface area contributed by atoms with E-state index in [4.69, 9.17) is 14.0 Å². The van der Waals surface area contributed by atoms with E-state index in [1.807, 2.05) is 6.07 Å². The molecule has 1 rings (SSSR count). The molecule has 0 radical (unpaired) electrons. The molecule has 0 aliphatic heterocycles. The first kappa shape index (κ1) is 14.2. The zero-order valence-electron chi connectivity index (χ0n) is 10.7. The fraction of sp³-hybridized carbons (Fsp3) is 0.750. The van der Waals surface area contributed by atoms with Gasteiger partial charge in [-0.05, 0) is 19.4 Å². The van der Waals surface area contributed by atoms with Crippen molar-refractivity contribution < 1.29 is 14.0 Å². The van der Waals surface area contributed by atoms with E-state index in [0.29, 0.717) is 13.2 Å². The molecule has 1 heterocycles. The number of nitrogens with zero attached hydrogens (tertiary/aromatic N) is 1. The molecule has 0 saturated carbocycles. The minimum Gasteiger partial charge on any atom is -0.385 e. The third-order valence-electron chi connectivity index (χ3n) is 2.22. The molecule has 0 fully saturated rings. The van der Waals surface area contributed by atoms with E-state index in [0.717, 1.165) is 44.0 Å². The van der Waals surface area contributed by atoms with Crippen molar-refractivity contribution in [2.24, 2.45) is 0 Å². The summed E-state index contributed by atoms with van der Waals surface area (Å²) in [5.41, 5.74) is 0.925. The van der Waals surface area contributed by atoms with E-state index in [9.17, 15) is 0 Å². The van der Waals surface area contributed by atoms with Crippen molar-refractivity contribution in [1.29, 1.82) is 0 Å². The second-order valence-corrected chi connectivity index (χ2v) is 3.86. The molecule has 1 N–H and O–H groups in total. The van der Waals surface area contributed by atoms with Gasteiger partial charge in [0.1, 0.15) is 6.61 Å². The van der Waals surface area contributed by atoms with E-state index in [1.54, 1.807) is 7.11 Å². The van der Waals surface area contributed by atoms with Gasteiger partial charge in [-0.2, -0.15) is 0 Å². The first-order chi connectivity index (χ1) is 8.36. The highest BCUT2D eigenvalue weighted by molar-refractivity contribution is 5.04. The maximum absolute atomic E-state index is 5.43. The Hall–Kier alpha value is -0.910. The molecule has 0 atom stereocenters. The number of methoxy groups -OCH3 is 1. The van der Waals surface area contributed by atoms with Crippen LogP contribution < -0.4 is 5.32 Å². The highest BCUT2D eigenvalue weighted by atomic mass is 16.5. The van der Waals surface area contributed by atoms with Gasteiger partial charge in [-0.15, -0.1) is 0 Å². The number of aromatic nitrogens is 1. The van der Waals surface area contributed by atoms with E-state index in [2.05, 4.69) is 17.4 Å². The third kappa shape index (κ3) is 6.41. The number of hydrogen-bond donors (Lipinski definition) is 1. The largest absolute Gasteiger partial charge is 0.385 e. The average Bonchev–Trinajstić information content (AvgIpc) is 2.77. The lowest BCUT2D eigenvalue weighted by Crippen LogP contribution is -2.13. The fourth-order valence-corrected chi connectivity index (χ4v) is 1.38. The zero-order chi connectivity index (χ0) is 12.3. The van der Waals surface area contributed by atoms with Crippen LogP contribution in [0.1, 0.15) is 31.2 Å². The normalized spacial score (nSPS) is 10.9. The van der Waals surface area contributed by atoms with Crippen molar-refractivity contribution in [2.45, 2.75) is 32.9 Å². The summed E-state index contributed by atoms with van der Waals surface area (Å²) in [5.74, 6) is 0.774. The minimum atomic E-state index is 0.477. The second kappa shape index (κ2) is 9.15. The van der Waals surface area contributed by atoms with Crippen LogP contribution in [0.25, 0.3) is 0 Å². The van der Waals surface area contributed by atoms with Gasteiger partial charge in [0, 0.05) is 32.9 Å². The summed E-state index contributed by atoms with van der Waals surface area (Å²) in [7, 11) is 1.69. The van der Waals surface area contributed by atoms with Gasteiger partial charge in [-0.25, -0.2) is 0 Å². The van der Waals surface area contributed by atoms with E-state index in [-0.39, 0.29) is 0 Å². The second-order valence-electron chi connectivity index (χ2n) is 3.86. The topological polar surface area (TPSA) is 56.5 Å².